The van der Waals surface area contributed by atoms with E-state index in [2.05, 4.69) is 0 Å². The molecular weight excluding hydrogens is 464 g/mol. The van der Waals surface area contributed by atoms with Crippen molar-refractivity contribution in [2.45, 2.75) is 13.8 Å². The Morgan fingerprint density at radius 1 is 0.639 bits per heavy atom. The fraction of sp³-hybridized carbons (Fsp3) is 0.148. The summed E-state index contributed by atoms with van der Waals surface area (Å²) in [6.07, 6.45) is 0. The summed E-state index contributed by atoms with van der Waals surface area (Å²) in [5.74, 6) is -1.41. The maximum atomic E-state index is 13.6. The van der Waals surface area contributed by atoms with Crippen molar-refractivity contribution in [1.29, 1.82) is 0 Å². The highest BCUT2D eigenvalue weighted by atomic mass is 16.4. The summed E-state index contributed by atoms with van der Waals surface area (Å²) in [7, 11) is 0. The van der Waals surface area contributed by atoms with Crippen LogP contribution in [0.4, 0.5) is 4.79 Å². The van der Waals surface area contributed by atoms with Crippen molar-refractivity contribution in [3.05, 3.63) is 98.2 Å². The van der Waals surface area contributed by atoms with E-state index in [0.29, 0.717) is 11.1 Å². The van der Waals surface area contributed by atoms with Gasteiger partial charge in [-0.1, -0.05) is 48.5 Å². The van der Waals surface area contributed by atoms with Crippen molar-refractivity contribution in [1.82, 2.24) is 9.80 Å². The Morgan fingerprint density at radius 2 is 1.06 bits per heavy atom. The van der Waals surface area contributed by atoms with Crippen LogP contribution < -0.4 is 11.3 Å². The van der Waals surface area contributed by atoms with Gasteiger partial charge in [0.05, 0.1) is 11.1 Å². The van der Waals surface area contributed by atoms with E-state index in [4.69, 9.17) is 8.83 Å². The fourth-order valence-electron chi connectivity index (χ4n) is 4.48. The molecule has 0 unspecified atom stereocenters. The molecule has 2 aliphatic carbocycles. The van der Waals surface area contributed by atoms with E-state index in [1.807, 2.05) is 0 Å². The van der Waals surface area contributed by atoms with Gasteiger partial charge in [0.2, 0.25) is 0 Å². The van der Waals surface area contributed by atoms with Crippen LogP contribution in [0.3, 0.4) is 0 Å². The molecule has 0 aromatic heterocycles. The number of carbonyl (C=O) groups excluding carboxylic acids is 3. The molecule has 36 heavy (non-hydrogen) atoms. The minimum Gasteiger partial charge on any atom is -0.422 e. The second-order valence-corrected chi connectivity index (χ2v) is 8.04. The number of rotatable bonds is 4. The Bertz CT molecular complexity index is 1510. The van der Waals surface area contributed by atoms with Crippen molar-refractivity contribution in [2.75, 3.05) is 13.1 Å². The van der Waals surface area contributed by atoms with E-state index in [-0.39, 0.29) is 41.3 Å². The van der Waals surface area contributed by atoms with Gasteiger partial charge in [-0.25, -0.2) is 14.4 Å². The highest BCUT2D eigenvalue weighted by Gasteiger charge is 2.45. The van der Waals surface area contributed by atoms with Gasteiger partial charge in [0, 0.05) is 29.8 Å². The number of hydrogen-bond donors (Lipinski definition) is 0. The van der Waals surface area contributed by atoms with E-state index in [1.54, 1.807) is 74.5 Å². The molecule has 9 nitrogen and oxygen atoms in total. The summed E-state index contributed by atoms with van der Waals surface area (Å²) in [6.45, 7) is 3.15. The van der Waals surface area contributed by atoms with Gasteiger partial charge in [-0.15, -0.1) is 0 Å². The monoisotopic (exact) mass is 484 g/mol. The van der Waals surface area contributed by atoms with Gasteiger partial charge in [-0.2, -0.15) is 0 Å². The first-order valence-corrected chi connectivity index (χ1v) is 11.3. The summed E-state index contributed by atoms with van der Waals surface area (Å²) < 4.78 is 10.9. The van der Waals surface area contributed by atoms with Gasteiger partial charge in [0.1, 0.15) is 17.1 Å². The SMILES string of the molecule is CCN1C(=O)C(=C(c2c3cccccc-3oc2=O)c2c3cccccc-3oc2=O)C(=O)N(CC)C1=O. The van der Waals surface area contributed by atoms with Crippen LogP contribution in [0.1, 0.15) is 25.0 Å². The van der Waals surface area contributed by atoms with Crippen LogP contribution in [0.15, 0.2) is 84.7 Å². The van der Waals surface area contributed by atoms with Crippen LogP contribution in [0.5, 0.6) is 0 Å². The standard InChI is InChI=1S/C27H20N2O7/c1-3-28-23(30)22(24(31)29(4-2)27(28)34)21(19-15-11-7-5-9-13-17(15)35-25(19)32)20-16-12-8-6-10-14-18(16)36-26(20)33/h5-14H,3-4H2,1-2H3. The van der Waals surface area contributed by atoms with Crippen LogP contribution in [0, 0.1) is 0 Å². The Labute approximate surface area is 204 Å². The number of furan rings is 2. The summed E-state index contributed by atoms with van der Waals surface area (Å²) >= 11 is 0. The van der Waals surface area contributed by atoms with E-state index in [0.717, 1.165) is 9.80 Å². The van der Waals surface area contributed by atoms with Gasteiger partial charge in [-0.3, -0.25) is 19.4 Å². The molecule has 4 amide bonds. The molecule has 3 aliphatic heterocycles. The molecule has 0 atom stereocenters. The van der Waals surface area contributed by atoms with Gasteiger partial charge in [0.15, 0.2) is 0 Å². The zero-order valence-corrected chi connectivity index (χ0v) is 19.4. The lowest BCUT2D eigenvalue weighted by molar-refractivity contribution is -0.135. The Hall–Kier alpha value is -4.79. The van der Waals surface area contributed by atoms with Crippen molar-refractivity contribution in [3.8, 4) is 22.6 Å². The number of fused-ring (bicyclic) bond motifs is 2. The largest absolute Gasteiger partial charge is 0.422 e. The lowest BCUT2D eigenvalue weighted by Crippen LogP contribution is -2.56. The van der Waals surface area contributed by atoms with E-state index < -0.39 is 34.7 Å². The van der Waals surface area contributed by atoms with E-state index in [9.17, 15) is 24.0 Å². The minimum absolute atomic E-state index is 0.0190. The molecule has 180 valence electrons. The van der Waals surface area contributed by atoms with Gasteiger partial charge < -0.3 is 8.83 Å². The highest BCUT2D eigenvalue weighted by molar-refractivity contribution is 6.33. The number of carbonyl (C=O) groups is 3. The number of urea groups is 1. The van der Waals surface area contributed by atoms with E-state index >= 15 is 0 Å². The van der Waals surface area contributed by atoms with Crippen LogP contribution in [0.2, 0.25) is 0 Å². The normalized spacial score (nSPS) is 14.3. The number of nitrogens with zero attached hydrogens (tertiary/aromatic N) is 2. The third-order valence-corrected chi connectivity index (χ3v) is 6.11. The second kappa shape index (κ2) is 8.77. The lowest BCUT2D eigenvalue weighted by atomic mass is 9.88. The van der Waals surface area contributed by atoms with Gasteiger partial charge in [-0.05, 0) is 26.0 Å². The number of likely N-dealkylation sites (N-methyl/N-ethyl adjacent to an activating group) is 2. The van der Waals surface area contributed by atoms with Crippen molar-refractivity contribution >= 4 is 23.4 Å². The molecule has 1 fully saturated rings. The van der Waals surface area contributed by atoms with Crippen molar-refractivity contribution in [3.63, 3.8) is 0 Å². The molecule has 0 saturated carbocycles. The summed E-state index contributed by atoms with van der Waals surface area (Å²) in [5.41, 5.74) is -2.05. The van der Waals surface area contributed by atoms with Crippen LogP contribution in [-0.2, 0) is 9.59 Å². The molecule has 0 spiro atoms. The number of barbiturate groups is 1. The number of hydrogen-bond acceptors (Lipinski definition) is 7. The summed E-state index contributed by atoms with van der Waals surface area (Å²) in [5, 5.41) is 0. The average molecular weight is 484 g/mol. The average Bonchev–Trinajstić information content (AvgIpc) is 3.09. The zero-order chi connectivity index (χ0) is 25.6. The van der Waals surface area contributed by atoms with Crippen LogP contribution in [-0.4, -0.2) is 40.7 Å². The molecule has 0 aromatic carbocycles. The third-order valence-electron chi connectivity index (χ3n) is 6.11. The second-order valence-electron chi connectivity index (χ2n) is 8.04. The molecule has 5 aliphatic rings. The van der Waals surface area contributed by atoms with Crippen molar-refractivity contribution < 1.29 is 23.2 Å². The first kappa shape index (κ1) is 23.0. The predicted octanol–water partition coefficient (Wildman–Crippen LogP) is 3.44. The Balaban J connectivity index is 1.97. The predicted molar refractivity (Wildman–Crippen MR) is 129 cm³/mol. The fourth-order valence-corrected chi connectivity index (χ4v) is 4.48. The smallest absolute Gasteiger partial charge is 0.344 e. The van der Waals surface area contributed by atoms with Crippen LogP contribution >= 0.6 is 0 Å². The molecule has 1 saturated heterocycles. The van der Waals surface area contributed by atoms with Gasteiger partial charge in [0.25, 0.3) is 11.8 Å². The lowest BCUT2D eigenvalue weighted by Gasteiger charge is -2.33. The molecule has 3 heterocycles. The van der Waals surface area contributed by atoms with Gasteiger partial charge >= 0.3 is 17.3 Å². The molecular formula is C27H20N2O7. The minimum atomic E-state index is -0.907. The molecule has 9 heteroatoms. The topological polar surface area (TPSA) is 118 Å². The molecule has 0 radical (unpaired) electrons. The summed E-state index contributed by atoms with van der Waals surface area (Å²) in [6, 6.07) is 15.7. The molecule has 5 rings (SSSR count). The third kappa shape index (κ3) is 3.36. The quantitative estimate of drug-likeness (QED) is 0.322. The first-order valence-electron chi connectivity index (χ1n) is 11.3. The molecule has 0 aromatic rings. The number of imide groups is 2. The highest BCUT2D eigenvalue weighted by Crippen LogP contribution is 2.39. The molecule has 0 N–H and O–H groups in total. The zero-order valence-electron chi connectivity index (χ0n) is 19.4. The Kier molecular flexibility index (Phi) is 5.60. The van der Waals surface area contributed by atoms with Crippen molar-refractivity contribution in [2.24, 2.45) is 0 Å². The summed E-state index contributed by atoms with van der Waals surface area (Å²) in [4.78, 5) is 68.4. The maximum Gasteiger partial charge on any atom is 0.344 e. The molecule has 0 bridgehead atoms. The Morgan fingerprint density at radius 3 is 1.47 bits per heavy atom. The number of amides is 4. The van der Waals surface area contributed by atoms with E-state index in [1.165, 1.54) is 0 Å². The first-order chi connectivity index (χ1) is 17.4. The van der Waals surface area contributed by atoms with Crippen LogP contribution in [0.25, 0.3) is 28.2 Å². The maximum absolute atomic E-state index is 13.6.